The molecular formula is C12H10BrF2NO2S2. The lowest BCUT2D eigenvalue weighted by molar-refractivity contribution is 0.460. The minimum Gasteiger partial charge on any atom is -0.207 e. The summed E-state index contributed by atoms with van der Waals surface area (Å²) in [6, 6.07) is 5.93. The van der Waals surface area contributed by atoms with Crippen molar-refractivity contribution in [2.45, 2.75) is 11.4 Å². The third kappa shape index (κ3) is 3.25. The third-order valence-electron chi connectivity index (χ3n) is 2.59. The molecule has 1 aromatic carbocycles. The third-order valence-corrected chi connectivity index (χ3v) is 6.02. The Morgan fingerprint density at radius 1 is 1.25 bits per heavy atom. The Hall–Kier alpha value is -0.830. The van der Waals surface area contributed by atoms with E-state index in [2.05, 4.69) is 15.9 Å². The molecule has 0 amide bonds. The maximum absolute atomic E-state index is 13.6. The highest BCUT2D eigenvalue weighted by atomic mass is 79.9. The molecule has 0 aliphatic heterocycles. The first-order valence-electron chi connectivity index (χ1n) is 5.46. The van der Waals surface area contributed by atoms with Crippen LogP contribution in [0.3, 0.4) is 0 Å². The molecule has 0 fully saturated rings. The van der Waals surface area contributed by atoms with Gasteiger partial charge in [0.25, 0.3) is 0 Å². The van der Waals surface area contributed by atoms with E-state index in [4.69, 9.17) is 0 Å². The highest BCUT2D eigenvalue weighted by molar-refractivity contribution is 9.11. The molecule has 0 unspecified atom stereocenters. The minimum absolute atomic E-state index is 0.0918. The van der Waals surface area contributed by atoms with E-state index in [0.29, 0.717) is 6.07 Å². The molecule has 1 aromatic heterocycles. The molecule has 0 aliphatic carbocycles. The second kappa shape index (κ2) is 5.88. The van der Waals surface area contributed by atoms with Crippen LogP contribution in [-0.2, 0) is 16.6 Å². The van der Waals surface area contributed by atoms with E-state index in [1.165, 1.54) is 18.4 Å². The Morgan fingerprint density at radius 3 is 2.55 bits per heavy atom. The fourth-order valence-corrected chi connectivity index (χ4v) is 4.42. The van der Waals surface area contributed by atoms with Crippen molar-refractivity contribution in [1.82, 2.24) is 4.31 Å². The first-order chi connectivity index (χ1) is 9.30. The van der Waals surface area contributed by atoms with Crippen molar-refractivity contribution in [2.24, 2.45) is 0 Å². The molecule has 0 radical (unpaired) electrons. The van der Waals surface area contributed by atoms with Crippen LogP contribution in [0.1, 0.15) is 4.88 Å². The summed E-state index contributed by atoms with van der Waals surface area (Å²) in [6.45, 7) is 0.0918. The minimum atomic E-state index is -4.07. The van der Waals surface area contributed by atoms with Gasteiger partial charge in [-0.2, -0.15) is 4.31 Å². The van der Waals surface area contributed by atoms with Crippen molar-refractivity contribution in [3.63, 3.8) is 0 Å². The van der Waals surface area contributed by atoms with Gasteiger partial charge in [-0.15, -0.1) is 11.3 Å². The van der Waals surface area contributed by atoms with Gasteiger partial charge in [0.05, 0.1) is 3.79 Å². The second-order valence-corrected chi connectivity index (χ2v) is 8.60. The van der Waals surface area contributed by atoms with Crippen LogP contribution in [0, 0.1) is 11.6 Å². The highest BCUT2D eigenvalue weighted by Gasteiger charge is 2.25. The van der Waals surface area contributed by atoms with Gasteiger partial charge in [0.15, 0.2) is 0 Å². The summed E-state index contributed by atoms with van der Waals surface area (Å²) in [5.41, 5.74) is 0. The van der Waals surface area contributed by atoms with Crippen molar-refractivity contribution in [3.05, 3.63) is 50.6 Å². The topological polar surface area (TPSA) is 37.4 Å². The Labute approximate surface area is 128 Å². The summed E-state index contributed by atoms with van der Waals surface area (Å²) in [5.74, 6) is -1.76. The summed E-state index contributed by atoms with van der Waals surface area (Å²) < 4.78 is 53.0. The van der Waals surface area contributed by atoms with E-state index in [-0.39, 0.29) is 6.54 Å². The Bertz CT molecular complexity index is 731. The summed E-state index contributed by atoms with van der Waals surface area (Å²) in [4.78, 5) is 0.135. The van der Waals surface area contributed by atoms with Crippen LogP contribution in [0.15, 0.2) is 39.0 Å². The van der Waals surface area contributed by atoms with Gasteiger partial charge in [0.1, 0.15) is 16.5 Å². The predicted molar refractivity (Wildman–Crippen MR) is 77.0 cm³/mol. The molecule has 2 rings (SSSR count). The summed E-state index contributed by atoms with van der Waals surface area (Å²) >= 11 is 4.66. The molecule has 0 saturated heterocycles. The number of hydrogen-bond acceptors (Lipinski definition) is 3. The van der Waals surface area contributed by atoms with Crippen LogP contribution in [0.25, 0.3) is 0 Å². The van der Waals surface area contributed by atoms with E-state index in [1.54, 1.807) is 12.1 Å². The molecular weight excluding hydrogens is 372 g/mol. The molecule has 0 bridgehead atoms. The van der Waals surface area contributed by atoms with E-state index >= 15 is 0 Å². The van der Waals surface area contributed by atoms with Crippen LogP contribution in [-0.4, -0.2) is 19.8 Å². The molecule has 108 valence electrons. The quantitative estimate of drug-likeness (QED) is 0.810. The number of halogens is 3. The van der Waals surface area contributed by atoms with Crippen LogP contribution in [0.2, 0.25) is 0 Å². The highest BCUT2D eigenvalue weighted by Crippen LogP contribution is 2.26. The van der Waals surface area contributed by atoms with Crippen molar-refractivity contribution in [1.29, 1.82) is 0 Å². The van der Waals surface area contributed by atoms with Crippen LogP contribution in [0.4, 0.5) is 8.78 Å². The molecule has 1 heterocycles. The molecule has 3 nitrogen and oxygen atoms in total. The normalized spacial score (nSPS) is 12.1. The van der Waals surface area contributed by atoms with Crippen molar-refractivity contribution < 1.29 is 17.2 Å². The van der Waals surface area contributed by atoms with E-state index in [1.807, 2.05) is 0 Å². The van der Waals surface area contributed by atoms with Gasteiger partial charge in [-0.3, -0.25) is 0 Å². The van der Waals surface area contributed by atoms with Gasteiger partial charge < -0.3 is 0 Å². The van der Waals surface area contributed by atoms with Crippen molar-refractivity contribution in [3.8, 4) is 0 Å². The molecule has 20 heavy (non-hydrogen) atoms. The molecule has 0 atom stereocenters. The van der Waals surface area contributed by atoms with Gasteiger partial charge >= 0.3 is 0 Å². The van der Waals surface area contributed by atoms with Crippen LogP contribution in [0.5, 0.6) is 0 Å². The lowest BCUT2D eigenvalue weighted by Crippen LogP contribution is -2.27. The first kappa shape index (κ1) is 15.6. The molecule has 0 N–H and O–H groups in total. The summed E-state index contributed by atoms with van der Waals surface area (Å²) in [6.07, 6.45) is 0. The molecule has 0 spiro atoms. The fourth-order valence-electron chi connectivity index (χ4n) is 1.58. The Morgan fingerprint density at radius 2 is 1.95 bits per heavy atom. The number of thiophene rings is 1. The standard InChI is InChI=1S/C12H10BrF2NO2S2/c1-16(7-9-3-5-12(13)19-9)20(17,18)11-6-8(14)2-4-10(11)15/h2-6H,7H2,1H3. The van der Waals surface area contributed by atoms with E-state index in [9.17, 15) is 17.2 Å². The average Bonchev–Trinajstić information content (AvgIpc) is 2.77. The molecule has 0 saturated carbocycles. The molecule has 2 aromatic rings. The maximum Gasteiger partial charge on any atom is 0.246 e. The Balaban J connectivity index is 2.32. The fraction of sp³-hybridized carbons (Fsp3) is 0.167. The molecule has 8 heteroatoms. The molecule has 0 aliphatic rings. The first-order valence-corrected chi connectivity index (χ1v) is 8.51. The van der Waals surface area contributed by atoms with Crippen LogP contribution < -0.4 is 0 Å². The zero-order valence-electron chi connectivity index (χ0n) is 10.3. The maximum atomic E-state index is 13.6. The predicted octanol–water partition coefficient (Wildman–Crippen LogP) is 3.61. The number of sulfonamides is 1. The Kier molecular flexibility index (Phi) is 4.58. The van der Waals surface area contributed by atoms with Gasteiger partial charge in [-0.25, -0.2) is 17.2 Å². The lowest BCUT2D eigenvalue weighted by atomic mass is 10.3. The number of hydrogen-bond donors (Lipinski definition) is 0. The SMILES string of the molecule is CN(Cc1ccc(Br)s1)S(=O)(=O)c1cc(F)ccc1F. The second-order valence-electron chi connectivity index (χ2n) is 4.04. The summed E-state index contributed by atoms with van der Waals surface area (Å²) in [5, 5.41) is 0. The van der Waals surface area contributed by atoms with Crippen molar-refractivity contribution >= 4 is 37.3 Å². The van der Waals surface area contributed by atoms with E-state index < -0.39 is 26.6 Å². The van der Waals surface area contributed by atoms with Crippen LogP contribution >= 0.6 is 27.3 Å². The zero-order valence-corrected chi connectivity index (χ0v) is 13.5. The lowest BCUT2D eigenvalue weighted by Gasteiger charge is -2.16. The monoisotopic (exact) mass is 381 g/mol. The number of benzene rings is 1. The van der Waals surface area contributed by atoms with Gasteiger partial charge in [0.2, 0.25) is 10.0 Å². The van der Waals surface area contributed by atoms with Gasteiger partial charge in [-0.1, -0.05) is 0 Å². The smallest absolute Gasteiger partial charge is 0.207 e. The van der Waals surface area contributed by atoms with Gasteiger partial charge in [-0.05, 0) is 46.3 Å². The largest absolute Gasteiger partial charge is 0.246 e. The number of nitrogens with zero attached hydrogens (tertiary/aromatic N) is 1. The average molecular weight is 382 g/mol. The van der Waals surface area contributed by atoms with Crippen molar-refractivity contribution in [2.75, 3.05) is 7.05 Å². The number of rotatable bonds is 4. The van der Waals surface area contributed by atoms with E-state index in [0.717, 1.165) is 25.1 Å². The van der Waals surface area contributed by atoms with Gasteiger partial charge in [0, 0.05) is 18.5 Å². The zero-order chi connectivity index (χ0) is 14.9. The summed E-state index contributed by atoms with van der Waals surface area (Å²) in [7, 11) is -2.74.